The van der Waals surface area contributed by atoms with E-state index in [-0.39, 0.29) is 5.60 Å². The van der Waals surface area contributed by atoms with Crippen LogP contribution in [-0.2, 0) is 4.74 Å². The third-order valence-electron chi connectivity index (χ3n) is 2.98. The molecule has 0 saturated heterocycles. The van der Waals surface area contributed by atoms with Crippen molar-refractivity contribution >= 4 is 5.69 Å². The van der Waals surface area contributed by atoms with Gasteiger partial charge >= 0.3 is 0 Å². The van der Waals surface area contributed by atoms with Crippen molar-refractivity contribution in [2.45, 2.75) is 32.8 Å². The molecular weight excluding hydrogens is 212 g/mol. The Bertz CT molecular complexity index is 419. The van der Waals surface area contributed by atoms with Crippen LogP contribution in [0.1, 0.15) is 31.4 Å². The Morgan fingerprint density at radius 1 is 1.41 bits per heavy atom. The molecule has 0 unspecified atom stereocenters. The molecule has 3 heteroatoms. The van der Waals surface area contributed by atoms with Crippen LogP contribution in [0.3, 0.4) is 0 Å². The molecule has 1 N–H and O–H groups in total. The lowest BCUT2D eigenvalue weighted by molar-refractivity contribution is 0.0185. The fourth-order valence-electron chi connectivity index (χ4n) is 1.56. The first-order valence-corrected chi connectivity index (χ1v) is 5.79. The van der Waals surface area contributed by atoms with Gasteiger partial charge in [0.25, 0.3) is 0 Å². The Balaban J connectivity index is 2.65. The van der Waals surface area contributed by atoms with Crippen molar-refractivity contribution in [2.75, 3.05) is 19.0 Å². The molecule has 0 spiro atoms. The van der Waals surface area contributed by atoms with Crippen LogP contribution in [-0.4, -0.2) is 19.3 Å². The highest BCUT2D eigenvalue weighted by molar-refractivity contribution is 5.60. The maximum atomic E-state index is 9.09. The summed E-state index contributed by atoms with van der Waals surface area (Å²) in [6.07, 6.45) is 0.891. The van der Waals surface area contributed by atoms with Crippen LogP contribution >= 0.6 is 0 Å². The van der Waals surface area contributed by atoms with Crippen molar-refractivity contribution < 1.29 is 4.74 Å². The van der Waals surface area contributed by atoms with Crippen molar-refractivity contribution in [3.05, 3.63) is 29.3 Å². The monoisotopic (exact) mass is 232 g/mol. The molecule has 1 aromatic carbocycles. The van der Waals surface area contributed by atoms with Crippen LogP contribution in [0.2, 0.25) is 0 Å². The van der Waals surface area contributed by atoms with E-state index in [9.17, 15) is 0 Å². The standard InChI is InChI=1S/C14H20N2O/c1-11-6-5-7-13(12(11)10-15)16-9-8-14(2,3)17-4/h5-7,16H,8-9H2,1-4H3. The molecule has 3 nitrogen and oxygen atoms in total. The second-order valence-corrected chi connectivity index (χ2v) is 4.75. The summed E-state index contributed by atoms with van der Waals surface area (Å²) in [6, 6.07) is 8.07. The Morgan fingerprint density at radius 3 is 2.71 bits per heavy atom. The van der Waals surface area contributed by atoms with Gasteiger partial charge in [-0.25, -0.2) is 0 Å². The molecule has 17 heavy (non-hydrogen) atoms. The number of aryl methyl sites for hydroxylation is 1. The first-order valence-electron chi connectivity index (χ1n) is 5.79. The van der Waals surface area contributed by atoms with Gasteiger partial charge in [-0.15, -0.1) is 0 Å². The van der Waals surface area contributed by atoms with Gasteiger partial charge in [-0.1, -0.05) is 12.1 Å². The van der Waals surface area contributed by atoms with Crippen LogP contribution in [0, 0.1) is 18.3 Å². The summed E-state index contributed by atoms with van der Waals surface area (Å²) in [5, 5.41) is 12.4. The van der Waals surface area contributed by atoms with E-state index in [0.29, 0.717) is 0 Å². The molecule has 0 aromatic heterocycles. The predicted molar refractivity (Wildman–Crippen MR) is 70.1 cm³/mol. The molecule has 0 saturated carbocycles. The van der Waals surface area contributed by atoms with Crippen molar-refractivity contribution in [1.82, 2.24) is 0 Å². The largest absolute Gasteiger partial charge is 0.384 e. The molecule has 0 bridgehead atoms. The number of nitrogens with zero attached hydrogens (tertiary/aromatic N) is 1. The third-order valence-corrected chi connectivity index (χ3v) is 2.98. The molecule has 0 radical (unpaired) electrons. The fraction of sp³-hybridized carbons (Fsp3) is 0.500. The summed E-state index contributed by atoms with van der Waals surface area (Å²) < 4.78 is 5.35. The smallest absolute Gasteiger partial charge is 0.102 e. The number of benzene rings is 1. The first kappa shape index (κ1) is 13.5. The van der Waals surface area contributed by atoms with E-state index >= 15 is 0 Å². The van der Waals surface area contributed by atoms with Gasteiger partial charge in [0.2, 0.25) is 0 Å². The van der Waals surface area contributed by atoms with Crippen molar-refractivity contribution in [3.63, 3.8) is 0 Å². The number of anilines is 1. The van der Waals surface area contributed by atoms with Gasteiger partial charge in [0.1, 0.15) is 6.07 Å². The molecule has 0 aliphatic heterocycles. The lowest BCUT2D eigenvalue weighted by atomic mass is 10.0. The number of rotatable bonds is 5. The Labute approximate surface area is 103 Å². The summed E-state index contributed by atoms with van der Waals surface area (Å²) >= 11 is 0. The number of nitrogens with one attached hydrogen (secondary N) is 1. The molecule has 0 fully saturated rings. The van der Waals surface area contributed by atoms with Gasteiger partial charge in [0.15, 0.2) is 0 Å². The minimum atomic E-state index is -0.135. The maximum Gasteiger partial charge on any atom is 0.102 e. The fourth-order valence-corrected chi connectivity index (χ4v) is 1.56. The second-order valence-electron chi connectivity index (χ2n) is 4.75. The molecule has 0 aliphatic rings. The number of nitriles is 1. The van der Waals surface area contributed by atoms with Gasteiger partial charge < -0.3 is 10.1 Å². The highest BCUT2D eigenvalue weighted by atomic mass is 16.5. The summed E-state index contributed by atoms with van der Waals surface area (Å²) in [7, 11) is 1.72. The molecular formula is C14H20N2O. The van der Waals surface area contributed by atoms with Crippen LogP contribution in [0.5, 0.6) is 0 Å². The number of methoxy groups -OCH3 is 1. The Morgan fingerprint density at radius 2 is 2.12 bits per heavy atom. The van der Waals surface area contributed by atoms with Crippen LogP contribution < -0.4 is 5.32 Å². The lowest BCUT2D eigenvalue weighted by Gasteiger charge is -2.23. The average Bonchev–Trinajstić information content (AvgIpc) is 2.29. The van der Waals surface area contributed by atoms with Gasteiger partial charge in [-0.3, -0.25) is 0 Å². The minimum absolute atomic E-state index is 0.135. The summed E-state index contributed by atoms with van der Waals surface area (Å²) in [5.74, 6) is 0. The molecule has 0 aliphatic carbocycles. The first-order chi connectivity index (χ1) is 8.00. The minimum Gasteiger partial charge on any atom is -0.384 e. The van der Waals surface area contributed by atoms with Gasteiger partial charge in [-0.05, 0) is 38.8 Å². The van der Waals surface area contributed by atoms with Crippen LogP contribution in [0.4, 0.5) is 5.69 Å². The van der Waals surface area contributed by atoms with Gasteiger partial charge in [-0.2, -0.15) is 5.26 Å². The second kappa shape index (κ2) is 5.70. The Kier molecular flexibility index (Phi) is 4.53. The SMILES string of the molecule is COC(C)(C)CCNc1cccc(C)c1C#N. The zero-order chi connectivity index (χ0) is 12.9. The van der Waals surface area contributed by atoms with Crippen molar-refractivity contribution in [1.29, 1.82) is 5.26 Å². The summed E-state index contributed by atoms with van der Waals surface area (Å²) in [6.45, 7) is 6.84. The zero-order valence-electron chi connectivity index (χ0n) is 11.0. The van der Waals surface area contributed by atoms with Crippen LogP contribution in [0.15, 0.2) is 18.2 Å². The summed E-state index contributed by atoms with van der Waals surface area (Å²) in [5.41, 5.74) is 2.49. The summed E-state index contributed by atoms with van der Waals surface area (Å²) in [4.78, 5) is 0. The molecule has 92 valence electrons. The van der Waals surface area contributed by atoms with E-state index in [1.165, 1.54) is 0 Å². The normalized spacial score (nSPS) is 11.0. The molecule has 1 rings (SSSR count). The molecule has 0 heterocycles. The average molecular weight is 232 g/mol. The molecule has 1 aromatic rings. The zero-order valence-corrected chi connectivity index (χ0v) is 11.0. The van der Waals surface area contributed by atoms with Gasteiger partial charge in [0.05, 0.1) is 16.9 Å². The third kappa shape index (κ3) is 3.76. The quantitative estimate of drug-likeness (QED) is 0.848. The van der Waals surface area contributed by atoms with E-state index in [1.807, 2.05) is 25.1 Å². The lowest BCUT2D eigenvalue weighted by Crippen LogP contribution is -2.25. The van der Waals surface area contributed by atoms with Gasteiger partial charge in [0, 0.05) is 13.7 Å². The molecule has 0 amide bonds. The molecule has 0 atom stereocenters. The van der Waals surface area contributed by atoms with E-state index < -0.39 is 0 Å². The number of hydrogen-bond donors (Lipinski definition) is 1. The van der Waals surface area contributed by atoms with E-state index in [4.69, 9.17) is 10.00 Å². The maximum absolute atomic E-state index is 9.09. The van der Waals surface area contributed by atoms with Crippen molar-refractivity contribution in [3.8, 4) is 6.07 Å². The Hall–Kier alpha value is -1.53. The van der Waals surface area contributed by atoms with E-state index in [2.05, 4.69) is 25.2 Å². The highest BCUT2D eigenvalue weighted by Crippen LogP contribution is 2.19. The van der Waals surface area contributed by atoms with Crippen molar-refractivity contribution in [2.24, 2.45) is 0 Å². The number of ether oxygens (including phenoxy) is 1. The van der Waals surface area contributed by atoms with Crippen LogP contribution in [0.25, 0.3) is 0 Å². The topological polar surface area (TPSA) is 45.0 Å². The number of hydrogen-bond acceptors (Lipinski definition) is 3. The highest BCUT2D eigenvalue weighted by Gasteiger charge is 2.15. The van der Waals surface area contributed by atoms with E-state index in [1.54, 1.807) is 7.11 Å². The van der Waals surface area contributed by atoms with E-state index in [0.717, 1.165) is 29.8 Å². The predicted octanol–water partition coefficient (Wildman–Crippen LogP) is 3.09.